The molecule has 2 aromatic rings. The summed E-state index contributed by atoms with van der Waals surface area (Å²) in [7, 11) is 0. The van der Waals surface area contributed by atoms with Gasteiger partial charge in [0.1, 0.15) is 29.8 Å². The van der Waals surface area contributed by atoms with Gasteiger partial charge in [-0.25, -0.2) is 14.6 Å². The Morgan fingerprint density at radius 3 is 2.33 bits per heavy atom. The molecule has 2 aromatic heterocycles. The van der Waals surface area contributed by atoms with Gasteiger partial charge >= 0.3 is 11.7 Å². The number of carbonyl (C=O) groups is 2. The zero-order valence-electron chi connectivity index (χ0n) is 22.9. The van der Waals surface area contributed by atoms with Crippen molar-refractivity contribution in [1.29, 1.82) is 0 Å². The maximum atomic E-state index is 12.7. The summed E-state index contributed by atoms with van der Waals surface area (Å²) in [4.78, 5) is 45.4. The Kier molecular flexibility index (Phi) is 12.7. The van der Waals surface area contributed by atoms with E-state index in [2.05, 4.69) is 22.2 Å². The van der Waals surface area contributed by atoms with Crippen molar-refractivity contribution in [2.45, 2.75) is 95.7 Å². The van der Waals surface area contributed by atoms with Gasteiger partial charge in [-0.3, -0.25) is 9.36 Å². The van der Waals surface area contributed by atoms with Crippen molar-refractivity contribution >= 4 is 17.7 Å². The maximum absolute atomic E-state index is 12.7. The highest BCUT2D eigenvalue weighted by Gasteiger charge is 2.43. The number of unbranched alkanes of at least 4 members (excludes halogenated alkanes) is 9. The van der Waals surface area contributed by atoms with Crippen molar-refractivity contribution in [3.05, 3.63) is 52.3 Å². The van der Waals surface area contributed by atoms with E-state index >= 15 is 0 Å². The largest absolute Gasteiger partial charge is 0.461 e. The van der Waals surface area contributed by atoms with Gasteiger partial charge in [0.25, 0.3) is 5.91 Å². The molecule has 12 nitrogen and oxygen atoms in total. The number of nitrogens with zero attached hydrogens (tertiary/aromatic N) is 3. The number of pyridine rings is 1. The van der Waals surface area contributed by atoms with Crippen LogP contribution in [0.25, 0.3) is 0 Å². The van der Waals surface area contributed by atoms with Gasteiger partial charge in [-0.05, 0) is 24.6 Å². The van der Waals surface area contributed by atoms with Gasteiger partial charge in [0, 0.05) is 18.0 Å². The lowest BCUT2D eigenvalue weighted by Gasteiger charge is -2.17. The highest BCUT2D eigenvalue weighted by atomic mass is 16.6. The van der Waals surface area contributed by atoms with E-state index < -0.39 is 48.7 Å². The molecule has 0 saturated carbocycles. The van der Waals surface area contributed by atoms with Crippen LogP contribution in [0.2, 0.25) is 0 Å². The summed E-state index contributed by atoms with van der Waals surface area (Å²) in [6.07, 6.45) is 9.20. The lowest BCUT2D eigenvalue weighted by molar-refractivity contribution is -0.0549. The van der Waals surface area contributed by atoms with Crippen molar-refractivity contribution < 1.29 is 34.4 Å². The molecule has 1 aliphatic rings. The van der Waals surface area contributed by atoms with E-state index in [9.17, 15) is 29.7 Å². The number of aliphatic hydroxyl groups is 3. The fourth-order valence-electron chi connectivity index (χ4n) is 4.49. The van der Waals surface area contributed by atoms with Crippen LogP contribution in [0.15, 0.2) is 35.4 Å². The van der Waals surface area contributed by atoms with Crippen LogP contribution in [0.4, 0.5) is 5.82 Å². The van der Waals surface area contributed by atoms with Crippen LogP contribution in [0.3, 0.4) is 0 Å². The lowest BCUT2D eigenvalue weighted by atomic mass is 10.1. The van der Waals surface area contributed by atoms with Crippen molar-refractivity contribution in [2.24, 2.45) is 0 Å². The quantitative estimate of drug-likeness (QED) is 0.176. The van der Waals surface area contributed by atoms with Gasteiger partial charge in [-0.2, -0.15) is 4.98 Å². The monoisotopic (exact) mass is 560 g/mol. The Balaban J connectivity index is 1.45. The van der Waals surface area contributed by atoms with E-state index in [1.54, 1.807) is 0 Å². The summed E-state index contributed by atoms with van der Waals surface area (Å²) in [5, 5.41) is 31.7. The summed E-state index contributed by atoms with van der Waals surface area (Å²) >= 11 is 0. The molecular weight excluding hydrogens is 520 g/mol. The fourth-order valence-corrected chi connectivity index (χ4v) is 4.49. The van der Waals surface area contributed by atoms with Crippen molar-refractivity contribution in [3.8, 4) is 0 Å². The second kappa shape index (κ2) is 16.2. The predicted molar refractivity (Wildman–Crippen MR) is 146 cm³/mol. The minimum absolute atomic E-state index is 0.00697. The molecule has 4 N–H and O–H groups in total. The molecular formula is C28H40N4O8. The molecule has 3 rings (SSSR count). The van der Waals surface area contributed by atoms with Crippen LogP contribution >= 0.6 is 0 Å². The van der Waals surface area contributed by atoms with Crippen LogP contribution in [0.1, 0.15) is 98.2 Å². The Hall–Kier alpha value is -3.19. The van der Waals surface area contributed by atoms with Crippen LogP contribution in [0, 0.1) is 0 Å². The number of anilines is 1. The number of esters is 1. The average Bonchev–Trinajstić information content (AvgIpc) is 3.24. The van der Waals surface area contributed by atoms with Gasteiger partial charge in [0.2, 0.25) is 0 Å². The van der Waals surface area contributed by atoms with Crippen LogP contribution in [0.5, 0.6) is 0 Å². The van der Waals surface area contributed by atoms with E-state index in [4.69, 9.17) is 9.47 Å². The summed E-state index contributed by atoms with van der Waals surface area (Å²) in [6.45, 7) is 1.96. The zero-order valence-corrected chi connectivity index (χ0v) is 22.9. The van der Waals surface area contributed by atoms with E-state index in [0.717, 1.165) is 23.8 Å². The third-order valence-corrected chi connectivity index (χ3v) is 6.83. The number of carbonyl (C=O) groups excluding carboxylic acids is 2. The molecule has 40 heavy (non-hydrogen) atoms. The third-order valence-electron chi connectivity index (χ3n) is 6.83. The van der Waals surface area contributed by atoms with E-state index in [0.29, 0.717) is 0 Å². The Bertz CT molecular complexity index is 1160. The summed E-state index contributed by atoms with van der Waals surface area (Å²) in [5.74, 6) is -1.31. The maximum Gasteiger partial charge on any atom is 0.356 e. The normalized spacial score (nSPS) is 20.4. The molecule has 0 bridgehead atoms. The highest BCUT2D eigenvalue weighted by Crippen LogP contribution is 2.28. The first-order chi connectivity index (χ1) is 19.3. The first-order valence-corrected chi connectivity index (χ1v) is 14.0. The first-order valence-electron chi connectivity index (χ1n) is 14.0. The molecule has 0 aliphatic carbocycles. The minimum atomic E-state index is -1.45. The number of aliphatic hydroxyl groups excluding tert-OH is 3. The molecule has 1 amide bonds. The summed E-state index contributed by atoms with van der Waals surface area (Å²) in [5.41, 5.74) is -0.735. The van der Waals surface area contributed by atoms with Gasteiger partial charge < -0.3 is 30.1 Å². The van der Waals surface area contributed by atoms with Crippen molar-refractivity contribution in [3.63, 3.8) is 0 Å². The molecule has 0 spiro atoms. The summed E-state index contributed by atoms with van der Waals surface area (Å²) < 4.78 is 11.6. The van der Waals surface area contributed by atoms with Crippen LogP contribution in [-0.2, 0) is 9.47 Å². The number of nitrogens with one attached hydrogen (secondary N) is 1. The number of ether oxygens (including phenoxy) is 2. The van der Waals surface area contributed by atoms with E-state index in [1.165, 1.54) is 75.5 Å². The summed E-state index contributed by atoms with van der Waals surface area (Å²) in [6, 6.07) is 4.03. The smallest absolute Gasteiger partial charge is 0.356 e. The molecule has 3 heterocycles. The topological polar surface area (TPSA) is 173 Å². The molecule has 1 fully saturated rings. The van der Waals surface area contributed by atoms with Gasteiger partial charge in [-0.1, -0.05) is 64.7 Å². The fraction of sp³-hybridized carbons (Fsp3) is 0.607. The molecule has 4 atom stereocenters. The standard InChI is InChI=1S/C28H40N4O8/c1-2-3-4-5-6-7-8-9-10-11-16-39-27(37)20-17-19(12-14-29-20)25(36)30-22-13-15-32(28(38)31-22)26-24(35)23(34)21(18-33)40-26/h12-15,17,21,23-24,26,33-35H,2-11,16,18H2,1H3,(H,30,31,36,38)/t21-,23-,24+,26-/m1/s1. The highest BCUT2D eigenvalue weighted by molar-refractivity contribution is 6.04. The molecule has 0 radical (unpaired) electrons. The van der Waals surface area contributed by atoms with E-state index in [1.807, 2.05) is 0 Å². The third kappa shape index (κ3) is 8.91. The van der Waals surface area contributed by atoms with Gasteiger partial charge in [0.05, 0.1) is 13.2 Å². The number of hydrogen-bond acceptors (Lipinski definition) is 10. The zero-order chi connectivity index (χ0) is 28.9. The van der Waals surface area contributed by atoms with Crippen molar-refractivity contribution in [2.75, 3.05) is 18.5 Å². The van der Waals surface area contributed by atoms with E-state index in [-0.39, 0.29) is 23.7 Å². The van der Waals surface area contributed by atoms with Gasteiger partial charge in [-0.15, -0.1) is 0 Å². The number of amides is 1. The molecule has 220 valence electrons. The van der Waals surface area contributed by atoms with Gasteiger partial charge in [0.15, 0.2) is 6.23 Å². The Morgan fingerprint density at radius 2 is 1.70 bits per heavy atom. The number of hydrogen-bond donors (Lipinski definition) is 4. The Labute approximate surface area is 233 Å². The second-order valence-electron chi connectivity index (χ2n) is 9.93. The SMILES string of the molecule is CCCCCCCCCCCCOC(=O)c1cc(C(=O)Nc2ccn([C@@H]3O[C@H](CO)[C@@H](O)[C@@H]3O)c(=O)n2)ccn1. The van der Waals surface area contributed by atoms with Crippen molar-refractivity contribution in [1.82, 2.24) is 14.5 Å². The molecule has 0 unspecified atom stereocenters. The predicted octanol–water partition coefficient (Wildman–Crippen LogP) is 2.58. The minimum Gasteiger partial charge on any atom is -0.461 e. The second-order valence-corrected chi connectivity index (χ2v) is 9.93. The molecule has 1 saturated heterocycles. The lowest BCUT2D eigenvalue weighted by Crippen LogP contribution is -2.36. The molecule has 0 aromatic carbocycles. The number of aromatic nitrogens is 3. The average molecular weight is 561 g/mol. The first kappa shape index (κ1) is 31.3. The van der Waals surface area contributed by atoms with Crippen LogP contribution < -0.4 is 11.0 Å². The van der Waals surface area contributed by atoms with Crippen LogP contribution in [-0.4, -0.2) is 73.3 Å². The molecule has 1 aliphatic heterocycles. The Morgan fingerprint density at radius 1 is 1.02 bits per heavy atom. The number of rotatable bonds is 16. The molecule has 12 heteroatoms.